The summed E-state index contributed by atoms with van der Waals surface area (Å²) < 4.78 is 0. The Labute approximate surface area is 193 Å². The Morgan fingerprint density at radius 3 is 1.42 bits per heavy atom. The largest absolute Gasteiger partial charge is 0.294 e. The van der Waals surface area contributed by atoms with E-state index in [9.17, 15) is 9.59 Å². The Kier molecular flexibility index (Phi) is 5.82. The molecule has 0 fully saturated rings. The molecule has 0 N–H and O–H groups in total. The number of fused-ring (bicyclic) bond motifs is 2. The van der Waals surface area contributed by atoms with Crippen LogP contribution in [0.4, 0.5) is 0 Å². The standard InChI is InChI=1S/C31H24O2/c32-30(28-18-8-14-23-12-4-6-16-26(23)28)20-25(22-10-2-1-3-11-22)21-31(33)29-19-9-15-24-13-5-7-17-27(24)29/h1-19,25H,20-21H2. The first-order valence-corrected chi connectivity index (χ1v) is 11.3. The van der Waals surface area contributed by atoms with E-state index < -0.39 is 0 Å². The third-order valence-electron chi connectivity index (χ3n) is 6.31. The van der Waals surface area contributed by atoms with Crippen LogP contribution in [0.1, 0.15) is 45.0 Å². The quantitative estimate of drug-likeness (QED) is 0.250. The highest BCUT2D eigenvalue weighted by atomic mass is 16.1. The summed E-state index contributed by atoms with van der Waals surface area (Å²) in [7, 11) is 0. The van der Waals surface area contributed by atoms with Crippen LogP contribution in [-0.2, 0) is 0 Å². The number of benzene rings is 5. The fourth-order valence-electron chi connectivity index (χ4n) is 4.64. The summed E-state index contributed by atoms with van der Waals surface area (Å²) in [5, 5.41) is 4.01. The summed E-state index contributed by atoms with van der Waals surface area (Å²) in [5.41, 5.74) is 2.44. The maximum atomic E-state index is 13.5. The van der Waals surface area contributed by atoms with Crippen molar-refractivity contribution in [3.63, 3.8) is 0 Å². The molecule has 0 aliphatic heterocycles. The highest BCUT2D eigenvalue weighted by molar-refractivity contribution is 6.10. The van der Waals surface area contributed by atoms with Gasteiger partial charge >= 0.3 is 0 Å². The monoisotopic (exact) mass is 428 g/mol. The number of Topliss-reactive ketones (excluding diaryl/α,β-unsaturated/α-hetero) is 2. The van der Waals surface area contributed by atoms with Gasteiger partial charge in [0.25, 0.3) is 0 Å². The van der Waals surface area contributed by atoms with E-state index in [2.05, 4.69) is 0 Å². The number of ketones is 2. The zero-order valence-electron chi connectivity index (χ0n) is 18.3. The molecule has 0 amide bonds. The van der Waals surface area contributed by atoms with Crippen molar-refractivity contribution in [2.75, 3.05) is 0 Å². The minimum absolute atomic E-state index is 0.0615. The van der Waals surface area contributed by atoms with Crippen LogP contribution in [0, 0.1) is 0 Å². The Bertz CT molecular complexity index is 1350. The van der Waals surface area contributed by atoms with Gasteiger partial charge in [0.2, 0.25) is 0 Å². The molecule has 0 radical (unpaired) electrons. The second kappa shape index (κ2) is 9.22. The van der Waals surface area contributed by atoms with Crippen LogP contribution in [0.2, 0.25) is 0 Å². The Balaban J connectivity index is 1.48. The Morgan fingerprint density at radius 2 is 0.909 bits per heavy atom. The number of carbonyl (C=O) groups excluding carboxylic acids is 2. The van der Waals surface area contributed by atoms with E-state index in [1.807, 2.05) is 115 Å². The van der Waals surface area contributed by atoms with Crippen LogP contribution >= 0.6 is 0 Å². The number of carbonyl (C=O) groups is 2. The van der Waals surface area contributed by atoms with E-state index >= 15 is 0 Å². The lowest BCUT2D eigenvalue weighted by Crippen LogP contribution is -2.13. The van der Waals surface area contributed by atoms with E-state index in [0.717, 1.165) is 27.1 Å². The van der Waals surface area contributed by atoms with Gasteiger partial charge in [0.05, 0.1) is 0 Å². The van der Waals surface area contributed by atoms with Crippen molar-refractivity contribution in [1.82, 2.24) is 0 Å². The smallest absolute Gasteiger partial charge is 0.164 e. The molecule has 0 atom stereocenters. The number of hydrogen-bond acceptors (Lipinski definition) is 2. The van der Waals surface area contributed by atoms with Crippen LogP contribution in [0.5, 0.6) is 0 Å². The molecule has 0 aliphatic carbocycles. The Hall–Kier alpha value is -4.04. The van der Waals surface area contributed by atoms with Crippen LogP contribution in [0.25, 0.3) is 21.5 Å². The zero-order chi connectivity index (χ0) is 22.6. The van der Waals surface area contributed by atoms with E-state index in [-0.39, 0.29) is 30.3 Å². The fourth-order valence-corrected chi connectivity index (χ4v) is 4.64. The topological polar surface area (TPSA) is 34.1 Å². The van der Waals surface area contributed by atoms with Crippen molar-refractivity contribution >= 4 is 33.1 Å². The average Bonchev–Trinajstić information content (AvgIpc) is 2.88. The van der Waals surface area contributed by atoms with Crippen LogP contribution in [0.3, 0.4) is 0 Å². The van der Waals surface area contributed by atoms with E-state index in [4.69, 9.17) is 0 Å². The fraction of sp³-hybridized carbons (Fsp3) is 0.0968. The molecular formula is C31H24O2. The third kappa shape index (κ3) is 4.33. The highest BCUT2D eigenvalue weighted by Gasteiger charge is 2.23. The number of hydrogen-bond donors (Lipinski definition) is 0. The number of rotatable bonds is 7. The van der Waals surface area contributed by atoms with Gasteiger partial charge in [-0.2, -0.15) is 0 Å². The molecule has 0 saturated carbocycles. The lowest BCUT2D eigenvalue weighted by molar-refractivity contribution is 0.0946. The van der Waals surface area contributed by atoms with Gasteiger partial charge in [0, 0.05) is 24.0 Å². The molecule has 0 unspecified atom stereocenters. The van der Waals surface area contributed by atoms with Crippen LogP contribution in [-0.4, -0.2) is 11.6 Å². The summed E-state index contributed by atoms with van der Waals surface area (Å²) in [6, 6.07) is 37.5. The van der Waals surface area contributed by atoms with Gasteiger partial charge in [-0.05, 0) is 33.0 Å². The lowest BCUT2D eigenvalue weighted by Gasteiger charge is -2.17. The third-order valence-corrected chi connectivity index (χ3v) is 6.31. The molecule has 5 aromatic carbocycles. The zero-order valence-corrected chi connectivity index (χ0v) is 18.3. The minimum Gasteiger partial charge on any atom is -0.294 e. The van der Waals surface area contributed by atoms with E-state index in [1.54, 1.807) is 0 Å². The van der Waals surface area contributed by atoms with Crippen LogP contribution < -0.4 is 0 Å². The molecule has 0 aliphatic rings. The maximum Gasteiger partial charge on any atom is 0.164 e. The van der Waals surface area contributed by atoms with Gasteiger partial charge < -0.3 is 0 Å². The molecule has 0 heterocycles. The molecule has 0 saturated heterocycles. The van der Waals surface area contributed by atoms with E-state index in [0.29, 0.717) is 11.1 Å². The van der Waals surface area contributed by atoms with Crippen molar-refractivity contribution in [3.8, 4) is 0 Å². The molecule has 5 rings (SSSR count). The molecule has 0 spiro atoms. The minimum atomic E-state index is -0.191. The Morgan fingerprint density at radius 1 is 0.485 bits per heavy atom. The van der Waals surface area contributed by atoms with Crippen LogP contribution in [0.15, 0.2) is 115 Å². The first kappa shape index (κ1) is 20.8. The molecule has 2 nitrogen and oxygen atoms in total. The van der Waals surface area contributed by atoms with Crippen molar-refractivity contribution in [2.45, 2.75) is 18.8 Å². The first-order chi connectivity index (χ1) is 16.2. The van der Waals surface area contributed by atoms with Crippen molar-refractivity contribution in [3.05, 3.63) is 132 Å². The SMILES string of the molecule is O=C(CC(CC(=O)c1cccc2ccccc12)c1ccccc1)c1cccc2ccccc12. The molecule has 5 aromatic rings. The van der Waals surface area contributed by atoms with Crippen molar-refractivity contribution < 1.29 is 9.59 Å². The van der Waals surface area contributed by atoms with Gasteiger partial charge in [-0.1, -0.05) is 115 Å². The molecule has 160 valence electrons. The molecule has 33 heavy (non-hydrogen) atoms. The summed E-state index contributed by atoms with van der Waals surface area (Å²) in [4.78, 5) is 26.9. The van der Waals surface area contributed by atoms with Gasteiger partial charge in [0.1, 0.15) is 0 Å². The summed E-state index contributed by atoms with van der Waals surface area (Å²) in [6.45, 7) is 0. The molecular weight excluding hydrogens is 404 g/mol. The summed E-state index contributed by atoms with van der Waals surface area (Å²) in [6.07, 6.45) is 0.572. The predicted octanol–water partition coefficient (Wildman–Crippen LogP) is 7.62. The highest BCUT2D eigenvalue weighted by Crippen LogP contribution is 2.30. The van der Waals surface area contributed by atoms with Gasteiger partial charge in [-0.3, -0.25) is 9.59 Å². The second-order valence-electron chi connectivity index (χ2n) is 8.42. The average molecular weight is 429 g/mol. The predicted molar refractivity (Wildman–Crippen MR) is 135 cm³/mol. The van der Waals surface area contributed by atoms with Gasteiger partial charge in [-0.15, -0.1) is 0 Å². The van der Waals surface area contributed by atoms with E-state index in [1.165, 1.54) is 0 Å². The summed E-state index contributed by atoms with van der Waals surface area (Å²) in [5.74, 6) is -0.0677. The second-order valence-corrected chi connectivity index (χ2v) is 8.42. The van der Waals surface area contributed by atoms with Crippen molar-refractivity contribution in [1.29, 1.82) is 0 Å². The van der Waals surface area contributed by atoms with Gasteiger partial charge in [-0.25, -0.2) is 0 Å². The maximum absolute atomic E-state index is 13.5. The van der Waals surface area contributed by atoms with Crippen molar-refractivity contribution in [2.24, 2.45) is 0 Å². The molecule has 2 heteroatoms. The first-order valence-electron chi connectivity index (χ1n) is 11.3. The van der Waals surface area contributed by atoms with Gasteiger partial charge in [0.15, 0.2) is 11.6 Å². The normalized spacial score (nSPS) is 11.2. The molecule has 0 bridgehead atoms. The molecule has 0 aromatic heterocycles. The summed E-state index contributed by atoms with van der Waals surface area (Å²) >= 11 is 0. The lowest BCUT2D eigenvalue weighted by atomic mass is 9.85.